The second kappa shape index (κ2) is 6.37. The lowest BCUT2D eigenvalue weighted by Gasteiger charge is -2.08. The van der Waals surface area contributed by atoms with E-state index in [1.165, 1.54) is 6.42 Å². The summed E-state index contributed by atoms with van der Waals surface area (Å²) in [6.07, 6.45) is 4.17. The van der Waals surface area contributed by atoms with E-state index in [1.807, 2.05) is 36.6 Å². The van der Waals surface area contributed by atoms with Crippen molar-refractivity contribution in [1.82, 2.24) is 0 Å². The molecular weight excluding hydrogens is 236 g/mol. The third kappa shape index (κ3) is 3.82. The van der Waals surface area contributed by atoms with Crippen LogP contribution in [0.4, 0.5) is 0 Å². The molecule has 0 unspecified atom stereocenters. The summed E-state index contributed by atoms with van der Waals surface area (Å²) in [4.78, 5) is 10.6. The second-order valence-electron chi connectivity index (χ2n) is 5.21. The Kier molecular flexibility index (Phi) is 4.56. The van der Waals surface area contributed by atoms with Gasteiger partial charge in [-0.05, 0) is 47.7 Å². The summed E-state index contributed by atoms with van der Waals surface area (Å²) in [7, 11) is 0. The van der Waals surface area contributed by atoms with Crippen molar-refractivity contribution in [3.8, 4) is 5.75 Å². The van der Waals surface area contributed by atoms with Crippen LogP contribution >= 0.6 is 0 Å². The Morgan fingerprint density at radius 1 is 1.11 bits per heavy atom. The first-order valence-electron chi connectivity index (χ1n) is 6.74. The Labute approximate surface area is 114 Å². The molecule has 0 spiro atoms. The van der Waals surface area contributed by atoms with Crippen molar-refractivity contribution >= 4 is 17.1 Å². The lowest BCUT2D eigenvalue weighted by molar-refractivity contribution is 0.298. The highest BCUT2D eigenvalue weighted by atomic mass is 16.5. The molecule has 0 saturated carbocycles. The van der Waals surface area contributed by atoms with E-state index in [2.05, 4.69) is 13.8 Å². The number of benzene rings is 2. The number of hydrogen-bond acceptors (Lipinski definition) is 2. The predicted molar refractivity (Wildman–Crippen MR) is 78.3 cm³/mol. The van der Waals surface area contributed by atoms with Gasteiger partial charge in [0.15, 0.2) is 0 Å². The van der Waals surface area contributed by atoms with Crippen molar-refractivity contribution in [2.75, 3.05) is 6.61 Å². The second-order valence-corrected chi connectivity index (χ2v) is 5.21. The van der Waals surface area contributed by atoms with Gasteiger partial charge in [0.1, 0.15) is 5.75 Å². The first-order chi connectivity index (χ1) is 9.19. The van der Waals surface area contributed by atoms with Crippen LogP contribution in [0, 0.1) is 5.92 Å². The van der Waals surface area contributed by atoms with E-state index in [4.69, 9.17) is 4.74 Å². The van der Waals surface area contributed by atoms with Crippen LogP contribution in [0.2, 0.25) is 0 Å². The van der Waals surface area contributed by atoms with Crippen molar-refractivity contribution in [2.45, 2.75) is 26.7 Å². The lowest BCUT2D eigenvalue weighted by Crippen LogP contribution is -1.99. The maximum Gasteiger partial charge on any atom is 0.233 e. The van der Waals surface area contributed by atoms with Gasteiger partial charge < -0.3 is 4.74 Å². The first kappa shape index (κ1) is 13.6. The summed E-state index contributed by atoms with van der Waals surface area (Å²) >= 11 is 0. The van der Waals surface area contributed by atoms with Gasteiger partial charge in [-0.25, -0.2) is 0 Å². The van der Waals surface area contributed by atoms with Crippen LogP contribution < -0.4 is 4.74 Å². The van der Waals surface area contributed by atoms with Gasteiger partial charge in [0.25, 0.3) is 0 Å². The number of rotatable bonds is 6. The molecule has 0 aromatic heterocycles. The average Bonchev–Trinajstić information content (AvgIpc) is 2.42. The van der Waals surface area contributed by atoms with Crippen molar-refractivity contribution in [1.29, 1.82) is 0 Å². The Morgan fingerprint density at radius 2 is 1.84 bits per heavy atom. The largest absolute Gasteiger partial charge is 0.494 e. The van der Waals surface area contributed by atoms with E-state index >= 15 is 0 Å². The number of hydrogen-bond donors (Lipinski definition) is 0. The standard InChI is InChI=1S/C17H19O2/c1-13(2)4-3-9-19-17-8-7-15-10-14(12-18)5-6-16(15)11-17/h5-8,10-11,13H,3-4,9H2,1-2H3. The summed E-state index contributed by atoms with van der Waals surface area (Å²) in [5, 5.41) is 2.12. The van der Waals surface area contributed by atoms with Crippen LogP contribution in [0.1, 0.15) is 32.3 Å². The highest BCUT2D eigenvalue weighted by Gasteiger charge is 2.00. The average molecular weight is 255 g/mol. The first-order valence-corrected chi connectivity index (χ1v) is 6.74. The fraction of sp³-hybridized carbons (Fsp3) is 0.353. The van der Waals surface area contributed by atoms with E-state index in [1.54, 1.807) is 6.07 Å². The molecule has 0 saturated heterocycles. The maximum atomic E-state index is 10.6. The molecule has 1 radical (unpaired) electrons. The highest BCUT2D eigenvalue weighted by molar-refractivity contribution is 5.89. The Morgan fingerprint density at radius 3 is 2.58 bits per heavy atom. The maximum absolute atomic E-state index is 10.6. The van der Waals surface area contributed by atoms with Crippen LogP contribution in [0.3, 0.4) is 0 Å². The minimum atomic E-state index is 0.582. The Hall–Kier alpha value is -1.83. The Bertz CT molecular complexity index is 558. The zero-order valence-electron chi connectivity index (χ0n) is 11.5. The molecule has 0 aliphatic rings. The van der Waals surface area contributed by atoms with Gasteiger partial charge in [-0.1, -0.05) is 32.0 Å². The van der Waals surface area contributed by atoms with Gasteiger partial charge in [0.2, 0.25) is 6.29 Å². The molecule has 2 rings (SSSR count). The van der Waals surface area contributed by atoms with Gasteiger partial charge in [-0.3, -0.25) is 4.79 Å². The number of ether oxygens (including phenoxy) is 1. The molecule has 0 bridgehead atoms. The zero-order valence-corrected chi connectivity index (χ0v) is 11.5. The molecule has 2 aromatic carbocycles. The molecule has 2 nitrogen and oxygen atoms in total. The molecule has 0 atom stereocenters. The number of fused-ring (bicyclic) bond motifs is 1. The fourth-order valence-corrected chi connectivity index (χ4v) is 2.06. The van der Waals surface area contributed by atoms with Gasteiger partial charge in [0.05, 0.1) is 6.61 Å². The predicted octanol–water partition coefficient (Wildman–Crippen LogP) is 4.11. The third-order valence-corrected chi connectivity index (χ3v) is 3.12. The van der Waals surface area contributed by atoms with Crippen LogP contribution in [-0.2, 0) is 4.79 Å². The van der Waals surface area contributed by atoms with Crippen molar-refractivity contribution < 1.29 is 9.53 Å². The van der Waals surface area contributed by atoms with Gasteiger partial charge in [-0.15, -0.1) is 0 Å². The van der Waals surface area contributed by atoms with Gasteiger partial charge >= 0.3 is 0 Å². The van der Waals surface area contributed by atoms with E-state index in [0.29, 0.717) is 5.56 Å². The molecule has 2 aromatic rings. The molecule has 0 N–H and O–H groups in total. The summed E-state index contributed by atoms with van der Waals surface area (Å²) < 4.78 is 5.74. The molecule has 0 aliphatic carbocycles. The lowest BCUT2D eigenvalue weighted by atomic mass is 10.1. The molecule has 0 heterocycles. The topological polar surface area (TPSA) is 26.3 Å². The van der Waals surface area contributed by atoms with E-state index in [-0.39, 0.29) is 0 Å². The van der Waals surface area contributed by atoms with Gasteiger partial charge in [0, 0.05) is 5.56 Å². The fourth-order valence-electron chi connectivity index (χ4n) is 2.06. The summed E-state index contributed by atoms with van der Waals surface area (Å²) in [6, 6.07) is 11.5. The van der Waals surface area contributed by atoms with Crippen LogP contribution in [-0.4, -0.2) is 12.9 Å². The monoisotopic (exact) mass is 255 g/mol. The highest BCUT2D eigenvalue weighted by Crippen LogP contribution is 2.22. The minimum absolute atomic E-state index is 0.582. The molecule has 0 fully saturated rings. The van der Waals surface area contributed by atoms with Crippen LogP contribution in [0.25, 0.3) is 10.8 Å². The molecule has 0 aliphatic heterocycles. The quantitative estimate of drug-likeness (QED) is 0.726. The smallest absolute Gasteiger partial charge is 0.233 e. The minimum Gasteiger partial charge on any atom is -0.494 e. The normalized spacial score (nSPS) is 10.9. The van der Waals surface area contributed by atoms with Crippen molar-refractivity contribution in [2.24, 2.45) is 5.92 Å². The zero-order chi connectivity index (χ0) is 13.7. The summed E-state index contributed by atoms with van der Waals surface area (Å²) in [6.45, 7) is 5.19. The SMILES string of the molecule is CC(C)CCCOc1ccc2cc([C]=O)ccc2c1. The summed E-state index contributed by atoms with van der Waals surface area (Å²) in [5.41, 5.74) is 0.582. The van der Waals surface area contributed by atoms with E-state index < -0.39 is 0 Å². The molecule has 99 valence electrons. The van der Waals surface area contributed by atoms with Crippen molar-refractivity contribution in [3.05, 3.63) is 42.0 Å². The van der Waals surface area contributed by atoms with E-state index in [9.17, 15) is 4.79 Å². The molecular formula is C17H19O2. The number of carbonyl (C=O) groups excluding carboxylic acids is 1. The van der Waals surface area contributed by atoms with Gasteiger partial charge in [-0.2, -0.15) is 0 Å². The van der Waals surface area contributed by atoms with Crippen molar-refractivity contribution in [3.63, 3.8) is 0 Å². The van der Waals surface area contributed by atoms with Crippen LogP contribution in [0.15, 0.2) is 36.4 Å². The molecule has 19 heavy (non-hydrogen) atoms. The Balaban J connectivity index is 2.03. The molecule has 2 heteroatoms. The van der Waals surface area contributed by atoms with E-state index in [0.717, 1.165) is 35.5 Å². The molecule has 0 amide bonds. The summed E-state index contributed by atoms with van der Waals surface area (Å²) in [5.74, 6) is 1.61. The van der Waals surface area contributed by atoms with Crippen LogP contribution in [0.5, 0.6) is 5.75 Å². The third-order valence-electron chi connectivity index (χ3n) is 3.12.